The minimum atomic E-state index is -0.381. The Morgan fingerprint density at radius 3 is 2.13 bits per heavy atom. The number of para-hydroxylation sites is 1. The van der Waals surface area contributed by atoms with Crippen LogP contribution in [0.4, 0.5) is 4.79 Å². The lowest BCUT2D eigenvalue weighted by molar-refractivity contribution is 0.0798. The average Bonchev–Trinajstić information content (AvgIpc) is 2.58. The monoisotopic (exact) mass is 313 g/mol. The van der Waals surface area contributed by atoms with Gasteiger partial charge < -0.3 is 19.5 Å². The Balaban J connectivity index is 1.56. The molecule has 0 unspecified atom stereocenters. The van der Waals surface area contributed by atoms with Crippen molar-refractivity contribution in [2.45, 2.75) is 18.9 Å². The van der Waals surface area contributed by atoms with Crippen LogP contribution in [0.25, 0.3) is 0 Å². The van der Waals surface area contributed by atoms with Gasteiger partial charge in [-0.15, -0.1) is 0 Å². The lowest BCUT2D eigenvalue weighted by Crippen LogP contribution is -2.41. The Kier molecular flexibility index (Phi) is 4.78. The molecule has 1 aliphatic heterocycles. The molecule has 1 fully saturated rings. The van der Waals surface area contributed by atoms with E-state index in [0.717, 1.165) is 5.75 Å². The maximum absolute atomic E-state index is 12.0. The zero-order valence-corrected chi connectivity index (χ0v) is 12.7. The molecule has 0 saturated carbocycles. The zero-order chi connectivity index (χ0) is 16.1. The molecule has 23 heavy (non-hydrogen) atoms. The highest BCUT2D eigenvalue weighted by molar-refractivity contribution is 5.70. The van der Waals surface area contributed by atoms with Gasteiger partial charge in [-0.3, -0.25) is 0 Å². The van der Waals surface area contributed by atoms with E-state index < -0.39 is 0 Å². The molecule has 1 heterocycles. The van der Waals surface area contributed by atoms with Crippen LogP contribution in [0.3, 0.4) is 0 Å². The fourth-order valence-electron chi connectivity index (χ4n) is 2.41. The van der Waals surface area contributed by atoms with Gasteiger partial charge >= 0.3 is 6.09 Å². The molecule has 0 radical (unpaired) electrons. The number of hydrogen-bond acceptors (Lipinski definition) is 4. The van der Waals surface area contributed by atoms with E-state index in [1.165, 1.54) is 0 Å². The highest BCUT2D eigenvalue weighted by Gasteiger charge is 2.22. The molecule has 5 nitrogen and oxygen atoms in total. The van der Waals surface area contributed by atoms with Gasteiger partial charge in [0.1, 0.15) is 17.2 Å². The molecule has 1 amide bonds. The molecule has 0 aliphatic carbocycles. The number of hydrogen-bond donors (Lipinski definition) is 1. The highest BCUT2D eigenvalue weighted by atomic mass is 16.6. The molecule has 5 heteroatoms. The number of carbonyl (C=O) groups excluding carboxylic acids is 1. The van der Waals surface area contributed by atoms with Crippen LogP contribution in [-0.4, -0.2) is 35.3 Å². The van der Waals surface area contributed by atoms with E-state index in [4.69, 9.17) is 9.47 Å². The van der Waals surface area contributed by atoms with Gasteiger partial charge in [0.05, 0.1) is 6.10 Å². The third-order valence-corrected chi connectivity index (χ3v) is 3.73. The van der Waals surface area contributed by atoms with E-state index in [1.54, 1.807) is 29.2 Å². The summed E-state index contributed by atoms with van der Waals surface area (Å²) in [6.07, 6.45) is 0.500. The lowest BCUT2D eigenvalue weighted by Gasteiger charge is -2.28. The summed E-state index contributed by atoms with van der Waals surface area (Å²) in [6, 6.07) is 16.4. The summed E-state index contributed by atoms with van der Waals surface area (Å²) in [4.78, 5) is 13.7. The molecular weight excluding hydrogens is 294 g/mol. The van der Waals surface area contributed by atoms with Gasteiger partial charge in [0.25, 0.3) is 0 Å². The molecule has 0 spiro atoms. The Hall–Kier alpha value is -2.53. The smallest absolute Gasteiger partial charge is 0.415 e. The number of likely N-dealkylation sites (tertiary alicyclic amines) is 1. The first-order chi connectivity index (χ1) is 11.2. The molecule has 0 atom stereocenters. The third-order valence-electron chi connectivity index (χ3n) is 3.73. The highest BCUT2D eigenvalue weighted by Crippen LogP contribution is 2.24. The summed E-state index contributed by atoms with van der Waals surface area (Å²) in [5, 5.41) is 9.46. The average molecular weight is 313 g/mol. The van der Waals surface area contributed by atoms with Gasteiger partial charge in [-0.1, -0.05) is 18.2 Å². The summed E-state index contributed by atoms with van der Waals surface area (Å²) in [7, 11) is 0. The van der Waals surface area contributed by atoms with E-state index in [0.29, 0.717) is 37.4 Å². The zero-order valence-electron chi connectivity index (χ0n) is 12.7. The molecule has 2 aromatic carbocycles. The Morgan fingerprint density at radius 2 is 1.48 bits per heavy atom. The van der Waals surface area contributed by atoms with Crippen LogP contribution in [0.1, 0.15) is 12.8 Å². The van der Waals surface area contributed by atoms with Crippen LogP contribution < -0.4 is 9.47 Å². The number of amides is 1. The summed E-state index contributed by atoms with van der Waals surface area (Å²) in [6.45, 7) is 1.05. The van der Waals surface area contributed by atoms with Crippen molar-refractivity contribution in [1.29, 1.82) is 0 Å². The molecular formula is C18H19NO4. The first-order valence-electron chi connectivity index (χ1n) is 7.68. The van der Waals surface area contributed by atoms with Crippen molar-refractivity contribution >= 4 is 6.09 Å². The number of aliphatic hydroxyl groups excluding tert-OH is 1. The number of piperidine rings is 1. The van der Waals surface area contributed by atoms with Gasteiger partial charge in [0.2, 0.25) is 0 Å². The largest absolute Gasteiger partial charge is 0.457 e. The molecule has 0 aromatic heterocycles. The second-order valence-electron chi connectivity index (χ2n) is 5.47. The maximum atomic E-state index is 12.0. The molecule has 1 aliphatic rings. The van der Waals surface area contributed by atoms with Crippen molar-refractivity contribution in [2.24, 2.45) is 0 Å². The van der Waals surface area contributed by atoms with E-state index in [-0.39, 0.29) is 12.2 Å². The van der Waals surface area contributed by atoms with Crippen LogP contribution in [0, 0.1) is 0 Å². The van der Waals surface area contributed by atoms with E-state index in [9.17, 15) is 9.90 Å². The summed E-state index contributed by atoms with van der Waals surface area (Å²) >= 11 is 0. The van der Waals surface area contributed by atoms with Crippen molar-refractivity contribution in [3.63, 3.8) is 0 Å². The van der Waals surface area contributed by atoms with Gasteiger partial charge in [-0.2, -0.15) is 0 Å². The normalized spacial score (nSPS) is 15.3. The Morgan fingerprint density at radius 1 is 0.913 bits per heavy atom. The van der Waals surface area contributed by atoms with Crippen molar-refractivity contribution in [3.05, 3.63) is 54.6 Å². The van der Waals surface area contributed by atoms with Gasteiger partial charge in [-0.05, 0) is 49.2 Å². The topological polar surface area (TPSA) is 59.0 Å². The summed E-state index contributed by atoms with van der Waals surface area (Å²) < 4.78 is 11.0. The van der Waals surface area contributed by atoms with Crippen LogP contribution in [0.2, 0.25) is 0 Å². The van der Waals surface area contributed by atoms with Gasteiger partial charge in [0, 0.05) is 13.1 Å². The Labute approximate surface area is 135 Å². The van der Waals surface area contributed by atoms with E-state index in [1.807, 2.05) is 30.3 Å². The van der Waals surface area contributed by atoms with Crippen LogP contribution in [0.5, 0.6) is 17.2 Å². The summed E-state index contributed by atoms with van der Waals surface area (Å²) in [5.41, 5.74) is 0. The molecule has 0 bridgehead atoms. The van der Waals surface area contributed by atoms with Crippen LogP contribution in [0.15, 0.2) is 54.6 Å². The maximum Gasteiger partial charge on any atom is 0.415 e. The number of aliphatic hydroxyl groups is 1. The molecule has 120 valence electrons. The number of nitrogens with zero attached hydrogens (tertiary/aromatic N) is 1. The number of carbonyl (C=O) groups is 1. The molecule has 2 aromatic rings. The van der Waals surface area contributed by atoms with Crippen LogP contribution >= 0.6 is 0 Å². The van der Waals surface area contributed by atoms with Gasteiger partial charge in [-0.25, -0.2) is 4.79 Å². The molecule has 1 N–H and O–H groups in total. The summed E-state index contributed by atoms with van der Waals surface area (Å²) in [5.74, 6) is 1.91. The predicted molar refractivity (Wildman–Crippen MR) is 85.8 cm³/mol. The SMILES string of the molecule is O=C(Oc1ccc(Oc2ccccc2)cc1)N1CCC(O)CC1. The quantitative estimate of drug-likeness (QED) is 0.943. The van der Waals surface area contributed by atoms with Crippen molar-refractivity contribution in [2.75, 3.05) is 13.1 Å². The van der Waals surface area contributed by atoms with Crippen molar-refractivity contribution in [1.82, 2.24) is 4.90 Å². The second-order valence-corrected chi connectivity index (χ2v) is 5.47. The molecule has 3 rings (SSSR count). The minimum Gasteiger partial charge on any atom is -0.457 e. The van der Waals surface area contributed by atoms with E-state index >= 15 is 0 Å². The minimum absolute atomic E-state index is 0.312. The fraction of sp³-hybridized carbons (Fsp3) is 0.278. The molecule has 1 saturated heterocycles. The Bertz CT molecular complexity index is 634. The van der Waals surface area contributed by atoms with Gasteiger partial charge in [0.15, 0.2) is 0 Å². The first kappa shape index (κ1) is 15.4. The first-order valence-corrected chi connectivity index (χ1v) is 7.68. The number of benzene rings is 2. The van der Waals surface area contributed by atoms with Crippen molar-refractivity contribution in [3.8, 4) is 17.2 Å². The number of rotatable bonds is 3. The second kappa shape index (κ2) is 7.15. The predicted octanol–water partition coefficient (Wildman–Crippen LogP) is 3.43. The third kappa shape index (κ3) is 4.23. The fourth-order valence-corrected chi connectivity index (χ4v) is 2.41. The standard InChI is InChI=1S/C18H19NO4/c20-14-10-12-19(13-11-14)18(21)23-17-8-6-16(7-9-17)22-15-4-2-1-3-5-15/h1-9,14,20H,10-13H2. The number of ether oxygens (including phenoxy) is 2. The van der Waals surface area contributed by atoms with Crippen molar-refractivity contribution < 1.29 is 19.4 Å². The lowest BCUT2D eigenvalue weighted by atomic mass is 10.1. The van der Waals surface area contributed by atoms with E-state index in [2.05, 4.69) is 0 Å². The van der Waals surface area contributed by atoms with Crippen LogP contribution in [-0.2, 0) is 0 Å².